The summed E-state index contributed by atoms with van der Waals surface area (Å²) in [6.45, 7) is 18.3. The minimum Gasteiger partial charge on any atom is -0.497 e. The molecule has 328 valence electrons. The standard InChI is InChI=1S/C45H69N5O8S/c1-13-28(3)38(43(54)55)50(11)41(52)31(6)49(10)42(53)36(25-32-18-20-34(57-12)21-19-32)48-39(51)30(5)24-33-26-59-40(47-33)29(4)17-16-27(2)23-37(45(7,8)9)58-44(56)35-15-14-22-46-35/h17-21,24,27-28,31,33,35-38,46H,13-16,22-23,25-26H2,1-12H3,(H,48,51)(H,54,55)/b29-17+,30-24+/t27-,28-,31-,33-,35-,36-,37-,38-/m0/s1. The summed E-state index contributed by atoms with van der Waals surface area (Å²) in [5, 5.41) is 16.9. The molecule has 59 heavy (non-hydrogen) atoms. The molecule has 1 saturated heterocycles. The zero-order chi connectivity index (χ0) is 44.2. The van der Waals surface area contributed by atoms with Crippen LogP contribution < -0.4 is 15.4 Å². The highest BCUT2D eigenvalue weighted by molar-refractivity contribution is 8.14. The Balaban J connectivity index is 1.72. The number of carbonyl (C=O) groups excluding carboxylic acids is 4. The number of hydrogen-bond acceptors (Lipinski definition) is 10. The Labute approximate surface area is 356 Å². The van der Waals surface area contributed by atoms with Crippen molar-refractivity contribution >= 4 is 46.5 Å². The lowest BCUT2D eigenvalue weighted by Gasteiger charge is -2.35. The second-order valence-corrected chi connectivity index (χ2v) is 18.4. The number of amides is 3. The third kappa shape index (κ3) is 14.2. The highest BCUT2D eigenvalue weighted by Crippen LogP contribution is 2.31. The van der Waals surface area contributed by atoms with Crippen molar-refractivity contribution < 1.29 is 38.6 Å². The van der Waals surface area contributed by atoms with E-state index in [0.717, 1.165) is 48.4 Å². The van der Waals surface area contributed by atoms with Gasteiger partial charge in [0.05, 0.1) is 18.2 Å². The molecule has 1 fully saturated rings. The molecular formula is C45H69N5O8S. The molecule has 3 amide bonds. The van der Waals surface area contributed by atoms with Crippen LogP contribution in [0.4, 0.5) is 0 Å². The topological polar surface area (TPSA) is 167 Å². The van der Waals surface area contributed by atoms with E-state index in [1.165, 1.54) is 23.9 Å². The number of hydrogen-bond donors (Lipinski definition) is 3. The zero-order valence-electron chi connectivity index (χ0n) is 37.3. The van der Waals surface area contributed by atoms with Gasteiger partial charge in [-0.1, -0.05) is 72.2 Å². The van der Waals surface area contributed by atoms with Crippen LogP contribution in [0.2, 0.25) is 0 Å². The molecule has 14 heteroatoms. The highest BCUT2D eigenvalue weighted by atomic mass is 32.2. The van der Waals surface area contributed by atoms with E-state index in [2.05, 4.69) is 44.4 Å². The van der Waals surface area contributed by atoms with Crippen LogP contribution in [0.3, 0.4) is 0 Å². The minimum atomic E-state index is -1.11. The smallest absolute Gasteiger partial charge is 0.326 e. The number of carbonyl (C=O) groups is 5. The predicted octanol–water partition coefficient (Wildman–Crippen LogP) is 6.06. The van der Waals surface area contributed by atoms with Gasteiger partial charge >= 0.3 is 11.9 Å². The normalized spacial score (nSPS) is 20.4. The van der Waals surface area contributed by atoms with Crippen LogP contribution in [0.15, 0.2) is 52.6 Å². The summed E-state index contributed by atoms with van der Waals surface area (Å²) in [5.74, 6) is -1.44. The van der Waals surface area contributed by atoms with Crippen LogP contribution in [0.1, 0.15) is 100.0 Å². The first-order chi connectivity index (χ1) is 27.7. The molecule has 13 nitrogen and oxygen atoms in total. The average Bonchev–Trinajstić information content (AvgIpc) is 3.91. The molecule has 2 aliphatic heterocycles. The molecule has 0 aromatic heterocycles. The van der Waals surface area contributed by atoms with Crippen molar-refractivity contribution in [3.8, 4) is 5.75 Å². The quantitative estimate of drug-likeness (QED) is 0.104. The molecule has 0 radical (unpaired) electrons. The molecule has 0 aliphatic carbocycles. The fourth-order valence-electron chi connectivity index (χ4n) is 7.19. The second-order valence-electron chi connectivity index (χ2n) is 17.4. The number of ether oxygens (including phenoxy) is 2. The second kappa shape index (κ2) is 22.4. The van der Waals surface area contributed by atoms with E-state index in [9.17, 15) is 29.1 Å². The monoisotopic (exact) mass is 839 g/mol. The van der Waals surface area contributed by atoms with E-state index < -0.39 is 41.8 Å². The van der Waals surface area contributed by atoms with Gasteiger partial charge in [0.1, 0.15) is 36.0 Å². The number of thioether (sulfide) groups is 1. The van der Waals surface area contributed by atoms with Crippen molar-refractivity contribution in [1.29, 1.82) is 0 Å². The fraction of sp³-hybridized carbons (Fsp3) is 0.644. The van der Waals surface area contributed by atoms with E-state index in [1.807, 2.05) is 32.1 Å². The Bertz CT molecular complexity index is 1710. The Morgan fingerprint density at radius 1 is 1.05 bits per heavy atom. The van der Waals surface area contributed by atoms with E-state index >= 15 is 0 Å². The first kappa shape index (κ1) is 49.2. The van der Waals surface area contributed by atoms with Gasteiger partial charge in [-0.15, -0.1) is 11.8 Å². The van der Waals surface area contributed by atoms with E-state index in [0.29, 0.717) is 23.5 Å². The molecule has 0 spiro atoms. The van der Waals surface area contributed by atoms with Crippen molar-refractivity contribution in [3.63, 3.8) is 0 Å². The Kier molecular flexibility index (Phi) is 18.7. The number of methoxy groups -OCH3 is 1. The summed E-state index contributed by atoms with van der Waals surface area (Å²) in [5.41, 5.74) is 2.04. The summed E-state index contributed by atoms with van der Waals surface area (Å²) < 4.78 is 11.3. The minimum absolute atomic E-state index is 0.147. The summed E-state index contributed by atoms with van der Waals surface area (Å²) in [6, 6.07) is 3.64. The van der Waals surface area contributed by atoms with Gasteiger partial charge in [0, 0.05) is 31.8 Å². The molecule has 1 aromatic rings. The summed E-state index contributed by atoms with van der Waals surface area (Å²) in [6.07, 6.45) is 7.85. The number of esters is 1. The fourth-order valence-corrected chi connectivity index (χ4v) is 8.21. The van der Waals surface area contributed by atoms with Crippen molar-refractivity contribution in [1.82, 2.24) is 20.4 Å². The van der Waals surface area contributed by atoms with Crippen molar-refractivity contribution in [3.05, 3.63) is 53.1 Å². The van der Waals surface area contributed by atoms with Crippen LogP contribution >= 0.6 is 11.8 Å². The van der Waals surface area contributed by atoms with Gasteiger partial charge in [0.2, 0.25) is 17.7 Å². The van der Waals surface area contributed by atoms with Crippen molar-refractivity contribution in [2.75, 3.05) is 33.5 Å². The van der Waals surface area contributed by atoms with Gasteiger partial charge in [0.25, 0.3) is 0 Å². The van der Waals surface area contributed by atoms with Gasteiger partial charge < -0.3 is 35.0 Å². The number of allylic oxidation sites excluding steroid dienone is 1. The first-order valence-electron chi connectivity index (χ1n) is 20.9. The maximum atomic E-state index is 14.1. The van der Waals surface area contributed by atoms with Crippen LogP contribution in [0, 0.1) is 17.3 Å². The zero-order valence-corrected chi connectivity index (χ0v) is 38.1. The largest absolute Gasteiger partial charge is 0.497 e. The van der Waals surface area contributed by atoms with E-state index in [1.54, 1.807) is 51.8 Å². The number of likely N-dealkylation sites (N-methyl/N-ethyl adjacent to an activating group) is 2. The number of aliphatic carboxylic acids is 1. The summed E-state index contributed by atoms with van der Waals surface area (Å²) >= 11 is 1.63. The molecule has 2 heterocycles. The van der Waals surface area contributed by atoms with Gasteiger partial charge in [0.15, 0.2) is 0 Å². The summed E-state index contributed by atoms with van der Waals surface area (Å²) in [4.78, 5) is 73.7. The molecule has 0 saturated carbocycles. The number of carboxylic acids is 1. The van der Waals surface area contributed by atoms with Crippen LogP contribution in [-0.4, -0.2) is 119 Å². The lowest BCUT2D eigenvalue weighted by molar-refractivity contribution is -0.158. The van der Waals surface area contributed by atoms with Crippen LogP contribution in [-0.2, 0) is 35.1 Å². The number of aliphatic imine (C=N–C) groups is 1. The first-order valence-corrected chi connectivity index (χ1v) is 21.9. The molecular weight excluding hydrogens is 771 g/mol. The molecule has 2 aliphatic rings. The number of rotatable bonds is 20. The Morgan fingerprint density at radius 3 is 2.27 bits per heavy atom. The predicted molar refractivity (Wildman–Crippen MR) is 234 cm³/mol. The average molecular weight is 840 g/mol. The van der Waals surface area contributed by atoms with Crippen LogP contribution in [0.25, 0.3) is 0 Å². The maximum Gasteiger partial charge on any atom is 0.326 e. The number of carboxylic acid groups (broad SMARTS) is 1. The van der Waals surface area contributed by atoms with Gasteiger partial charge in [-0.2, -0.15) is 0 Å². The highest BCUT2D eigenvalue weighted by Gasteiger charge is 2.37. The Morgan fingerprint density at radius 2 is 1.71 bits per heavy atom. The van der Waals surface area contributed by atoms with Gasteiger partial charge in [-0.3, -0.25) is 24.2 Å². The van der Waals surface area contributed by atoms with E-state index in [-0.39, 0.29) is 47.8 Å². The SMILES string of the molecule is CC[C@H](C)[C@@H](C(=O)O)N(C)C(=O)[C@H](C)N(C)C(=O)[C@H](Cc1ccc(OC)cc1)NC(=O)/C(C)=C/[C@H]1CSC(/C(C)=C/C[C@H](C)C[C@H](OC(=O)[C@@H]2CCCN2)C(C)(C)C)=N1. The number of benzene rings is 1. The lowest BCUT2D eigenvalue weighted by atomic mass is 9.83. The third-order valence-corrected chi connectivity index (χ3v) is 12.7. The molecule has 3 N–H and O–H groups in total. The molecule has 3 rings (SSSR count). The molecule has 0 unspecified atom stereocenters. The molecule has 8 atom stereocenters. The van der Waals surface area contributed by atoms with Crippen LogP contribution in [0.5, 0.6) is 5.75 Å². The number of nitrogens with zero attached hydrogens (tertiary/aromatic N) is 3. The van der Waals surface area contributed by atoms with Crippen molar-refractivity contribution in [2.24, 2.45) is 22.2 Å². The maximum absolute atomic E-state index is 14.1. The van der Waals surface area contributed by atoms with Crippen molar-refractivity contribution in [2.45, 2.75) is 137 Å². The Hall–Kier alpha value is -4.17. The number of nitrogens with one attached hydrogen (secondary N) is 2. The molecule has 0 bridgehead atoms. The third-order valence-electron chi connectivity index (χ3n) is 11.5. The molecule has 1 aromatic carbocycles. The lowest BCUT2D eigenvalue weighted by Crippen LogP contribution is -2.57. The van der Waals surface area contributed by atoms with E-state index in [4.69, 9.17) is 14.5 Å². The van der Waals surface area contributed by atoms with Gasteiger partial charge in [-0.05, 0) is 93.5 Å². The van der Waals surface area contributed by atoms with Gasteiger partial charge in [-0.25, -0.2) is 4.79 Å². The summed E-state index contributed by atoms with van der Waals surface area (Å²) in [7, 11) is 4.49.